The Kier molecular flexibility index (Phi) is 2.66. The molecule has 0 aromatic heterocycles. The highest BCUT2D eigenvalue weighted by atomic mass is 19.1. The van der Waals surface area contributed by atoms with Crippen molar-refractivity contribution in [1.82, 2.24) is 5.32 Å². The first kappa shape index (κ1) is 13.1. The van der Waals surface area contributed by atoms with Crippen molar-refractivity contribution >= 4 is 11.7 Å². The van der Waals surface area contributed by atoms with Crippen LogP contribution in [0.5, 0.6) is 5.75 Å². The first-order chi connectivity index (χ1) is 10.6. The second-order valence-electron chi connectivity index (χ2n) is 5.81. The van der Waals surface area contributed by atoms with Crippen molar-refractivity contribution in [3.8, 4) is 5.75 Å². The molecule has 0 saturated carbocycles. The molecule has 2 amide bonds. The van der Waals surface area contributed by atoms with Gasteiger partial charge in [0, 0.05) is 12.0 Å². The van der Waals surface area contributed by atoms with E-state index in [0.29, 0.717) is 6.42 Å². The summed E-state index contributed by atoms with van der Waals surface area (Å²) in [5.41, 5.74) is 0.269. The summed E-state index contributed by atoms with van der Waals surface area (Å²) in [4.78, 5) is 13.9. The lowest BCUT2D eigenvalue weighted by Crippen LogP contribution is -2.65. The highest BCUT2D eigenvalue weighted by Crippen LogP contribution is 2.45. The van der Waals surface area contributed by atoms with Gasteiger partial charge in [-0.1, -0.05) is 30.3 Å². The zero-order chi connectivity index (χ0) is 15.3. The Balaban J connectivity index is 1.84. The highest BCUT2D eigenvalue weighted by molar-refractivity contribution is 5.95. The number of halogens is 1. The maximum Gasteiger partial charge on any atom is 0.325 e. The smallest absolute Gasteiger partial charge is 0.325 e. The van der Waals surface area contributed by atoms with E-state index in [0.717, 1.165) is 11.3 Å². The Morgan fingerprint density at radius 2 is 1.95 bits per heavy atom. The van der Waals surface area contributed by atoms with Crippen molar-refractivity contribution in [2.24, 2.45) is 0 Å². The lowest BCUT2D eigenvalue weighted by molar-refractivity contribution is 0.0373. The summed E-state index contributed by atoms with van der Waals surface area (Å²) in [7, 11) is 0. The maximum absolute atomic E-state index is 14.2. The van der Waals surface area contributed by atoms with Gasteiger partial charge in [-0.15, -0.1) is 0 Å². The molecule has 1 N–H and O–H groups in total. The quantitative estimate of drug-likeness (QED) is 0.874. The molecule has 4 nitrogen and oxygen atoms in total. The first-order valence-electron chi connectivity index (χ1n) is 7.22. The van der Waals surface area contributed by atoms with Gasteiger partial charge in [-0.3, -0.25) is 4.90 Å². The topological polar surface area (TPSA) is 41.6 Å². The Morgan fingerprint density at radius 3 is 2.77 bits per heavy atom. The Morgan fingerprint density at radius 1 is 1.23 bits per heavy atom. The van der Waals surface area contributed by atoms with Crippen LogP contribution in [0, 0.1) is 5.82 Å². The van der Waals surface area contributed by atoms with Crippen LogP contribution in [0.15, 0.2) is 48.5 Å². The molecule has 0 spiro atoms. The number of hydrogen-bond donors (Lipinski definition) is 1. The zero-order valence-corrected chi connectivity index (χ0v) is 12.0. The van der Waals surface area contributed by atoms with Crippen LogP contribution in [0.4, 0.5) is 14.9 Å². The third-order valence-electron chi connectivity index (χ3n) is 4.27. The van der Waals surface area contributed by atoms with Gasteiger partial charge in [-0.25, -0.2) is 9.18 Å². The number of anilines is 1. The predicted molar refractivity (Wildman–Crippen MR) is 80.2 cm³/mol. The van der Waals surface area contributed by atoms with E-state index in [4.69, 9.17) is 4.74 Å². The minimum atomic E-state index is -0.913. The maximum atomic E-state index is 14.2. The molecule has 0 aliphatic carbocycles. The second kappa shape index (κ2) is 4.47. The summed E-state index contributed by atoms with van der Waals surface area (Å²) in [5.74, 6) is 0.280. The fourth-order valence-electron chi connectivity index (χ4n) is 3.32. The van der Waals surface area contributed by atoms with Gasteiger partial charge < -0.3 is 10.1 Å². The molecule has 0 radical (unpaired) electrons. The van der Waals surface area contributed by atoms with Gasteiger partial charge in [0.15, 0.2) is 5.72 Å². The van der Waals surface area contributed by atoms with Crippen molar-refractivity contribution in [3.05, 3.63) is 59.9 Å². The largest absolute Gasteiger partial charge is 0.467 e. The van der Waals surface area contributed by atoms with Gasteiger partial charge in [0.1, 0.15) is 11.6 Å². The van der Waals surface area contributed by atoms with Gasteiger partial charge in [-0.2, -0.15) is 0 Å². The number of carbonyl (C=O) groups excluding carboxylic acids is 1. The molecule has 2 unspecified atom stereocenters. The van der Waals surface area contributed by atoms with Crippen molar-refractivity contribution in [3.63, 3.8) is 0 Å². The Bertz CT molecular complexity index is 764. The van der Waals surface area contributed by atoms with E-state index in [-0.39, 0.29) is 17.8 Å². The minimum absolute atomic E-state index is 0.120. The number of nitrogens with one attached hydrogen (secondary N) is 1. The number of hydrogen-bond acceptors (Lipinski definition) is 2. The summed E-state index contributed by atoms with van der Waals surface area (Å²) in [6, 6.07) is 13.4. The molecule has 1 fully saturated rings. The van der Waals surface area contributed by atoms with Crippen molar-refractivity contribution in [1.29, 1.82) is 0 Å². The summed E-state index contributed by atoms with van der Waals surface area (Å²) < 4.78 is 20.2. The lowest BCUT2D eigenvalue weighted by atomic mass is 9.90. The fraction of sp³-hybridized carbons (Fsp3) is 0.235. The molecule has 1 saturated heterocycles. The molecule has 2 aromatic carbocycles. The molecule has 2 heterocycles. The second-order valence-corrected chi connectivity index (χ2v) is 5.81. The van der Waals surface area contributed by atoms with Crippen LogP contribution in [-0.4, -0.2) is 11.8 Å². The normalized spacial score (nSPS) is 26.0. The van der Waals surface area contributed by atoms with Gasteiger partial charge in [0.2, 0.25) is 0 Å². The van der Waals surface area contributed by atoms with E-state index in [9.17, 15) is 9.18 Å². The van der Waals surface area contributed by atoms with E-state index in [1.807, 2.05) is 31.2 Å². The predicted octanol–water partition coefficient (Wildman–Crippen LogP) is 3.60. The van der Waals surface area contributed by atoms with Crippen LogP contribution < -0.4 is 15.0 Å². The molecule has 2 bridgehead atoms. The number of amides is 2. The number of nitrogens with zero attached hydrogens (tertiary/aromatic N) is 1. The number of urea groups is 1. The molecular formula is C17H15FN2O2. The standard InChI is InChI=1S/C17H15FN2O2/c1-17-10-13(11-6-2-5-9-15(11)22-17)19-16(21)20(17)14-8-4-3-7-12(14)18/h2-9,13H,10H2,1H3,(H,19,21). The summed E-state index contributed by atoms with van der Waals surface area (Å²) >= 11 is 0. The number of fused-ring (bicyclic) bond motifs is 4. The number of rotatable bonds is 1. The molecule has 2 atom stereocenters. The van der Waals surface area contributed by atoms with E-state index in [2.05, 4.69) is 5.32 Å². The van der Waals surface area contributed by atoms with Crippen LogP contribution in [0.2, 0.25) is 0 Å². The van der Waals surface area contributed by atoms with Crippen LogP contribution >= 0.6 is 0 Å². The van der Waals surface area contributed by atoms with Crippen molar-refractivity contribution < 1.29 is 13.9 Å². The molecule has 22 heavy (non-hydrogen) atoms. The third-order valence-corrected chi connectivity index (χ3v) is 4.27. The Hall–Kier alpha value is -2.56. The van der Waals surface area contributed by atoms with E-state index in [1.165, 1.54) is 11.0 Å². The molecule has 4 rings (SSSR count). The number of para-hydroxylation sites is 2. The van der Waals surface area contributed by atoms with Gasteiger partial charge in [0.25, 0.3) is 0 Å². The van der Waals surface area contributed by atoms with Crippen LogP contribution in [0.25, 0.3) is 0 Å². The van der Waals surface area contributed by atoms with Gasteiger partial charge >= 0.3 is 6.03 Å². The van der Waals surface area contributed by atoms with Crippen LogP contribution in [-0.2, 0) is 0 Å². The zero-order valence-electron chi connectivity index (χ0n) is 12.0. The number of benzene rings is 2. The monoisotopic (exact) mass is 298 g/mol. The molecule has 2 aromatic rings. The summed E-state index contributed by atoms with van der Waals surface area (Å²) in [6.45, 7) is 1.82. The molecule has 112 valence electrons. The third kappa shape index (κ3) is 1.78. The number of carbonyl (C=O) groups is 1. The van der Waals surface area contributed by atoms with Gasteiger partial charge in [0.05, 0.1) is 11.7 Å². The summed E-state index contributed by atoms with van der Waals surface area (Å²) in [6.07, 6.45) is 0.560. The van der Waals surface area contributed by atoms with Crippen LogP contribution in [0.3, 0.4) is 0 Å². The average molecular weight is 298 g/mol. The van der Waals surface area contributed by atoms with Crippen molar-refractivity contribution in [2.75, 3.05) is 4.90 Å². The number of ether oxygens (including phenoxy) is 1. The van der Waals surface area contributed by atoms with E-state index in [1.54, 1.807) is 18.2 Å². The molecule has 5 heteroatoms. The van der Waals surface area contributed by atoms with Crippen molar-refractivity contribution in [2.45, 2.75) is 25.1 Å². The highest BCUT2D eigenvalue weighted by Gasteiger charge is 2.50. The molecular weight excluding hydrogens is 283 g/mol. The fourth-order valence-corrected chi connectivity index (χ4v) is 3.32. The lowest BCUT2D eigenvalue weighted by Gasteiger charge is -2.50. The van der Waals surface area contributed by atoms with Crippen LogP contribution in [0.1, 0.15) is 24.9 Å². The summed E-state index contributed by atoms with van der Waals surface area (Å²) in [5, 5.41) is 2.95. The van der Waals surface area contributed by atoms with Gasteiger partial charge in [-0.05, 0) is 25.1 Å². The van der Waals surface area contributed by atoms with E-state index < -0.39 is 11.5 Å². The Labute approximate surface area is 127 Å². The molecule has 2 aliphatic heterocycles. The first-order valence-corrected chi connectivity index (χ1v) is 7.22. The SMILES string of the molecule is CC12CC(NC(=O)N1c1ccccc1F)c1ccccc1O2. The minimum Gasteiger partial charge on any atom is -0.467 e. The van der Waals surface area contributed by atoms with E-state index >= 15 is 0 Å². The molecule has 2 aliphatic rings. The average Bonchev–Trinajstić information content (AvgIpc) is 2.48.